The van der Waals surface area contributed by atoms with Gasteiger partial charge in [0.1, 0.15) is 5.69 Å². The van der Waals surface area contributed by atoms with Gasteiger partial charge in [-0.15, -0.1) is 0 Å². The van der Waals surface area contributed by atoms with Crippen LogP contribution in [0.15, 0.2) is 36.4 Å². The van der Waals surface area contributed by atoms with Crippen molar-refractivity contribution in [3.63, 3.8) is 0 Å². The number of hydrogen-bond donors (Lipinski definition) is 0. The SMILES string of the molecule is O=C1C2C3C=CC(C3)C2C(=O)N1c1ccccc1[N+](=O)[O-]. The fourth-order valence-electron chi connectivity index (χ4n) is 3.95. The number of carbonyl (C=O) groups excluding carboxylic acids is 2. The number of anilines is 1. The number of benzene rings is 1. The Hall–Kier alpha value is -2.50. The Bertz CT molecular complexity index is 681. The number of nitrogens with zero attached hydrogens (tertiary/aromatic N) is 2. The summed E-state index contributed by atoms with van der Waals surface area (Å²) in [6, 6.07) is 5.91. The highest BCUT2D eigenvalue weighted by Crippen LogP contribution is 2.53. The van der Waals surface area contributed by atoms with Gasteiger partial charge in [0.15, 0.2) is 0 Å². The number of nitro groups is 1. The number of imide groups is 1. The highest BCUT2D eigenvalue weighted by Gasteiger charge is 2.60. The molecule has 1 saturated carbocycles. The zero-order valence-electron chi connectivity index (χ0n) is 11.0. The molecule has 2 amide bonds. The van der Waals surface area contributed by atoms with E-state index in [0.29, 0.717) is 0 Å². The number of fused-ring (bicyclic) bond motifs is 5. The van der Waals surface area contributed by atoms with Crippen molar-refractivity contribution in [2.75, 3.05) is 4.90 Å². The molecule has 1 heterocycles. The van der Waals surface area contributed by atoms with Crippen molar-refractivity contribution in [2.45, 2.75) is 6.42 Å². The molecule has 6 nitrogen and oxygen atoms in total. The topological polar surface area (TPSA) is 80.5 Å². The highest BCUT2D eigenvalue weighted by molar-refractivity contribution is 6.23. The van der Waals surface area contributed by atoms with Crippen LogP contribution in [0.2, 0.25) is 0 Å². The summed E-state index contributed by atoms with van der Waals surface area (Å²) in [5.41, 5.74) is -0.120. The van der Waals surface area contributed by atoms with Gasteiger partial charge in [-0.05, 0) is 24.3 Å². The van der Waals surface area contributed by atoms with E-state index < -0.39 is 4.92 Å². The molecular weight excluding hydrogens is 272 g/mol. The van der Waals surface area contributed by atoms with Crippen LogP contribution >= 0.6 is 0 Å². The lowest BCUT2D eigenvalue weighted by atomic mass is 9.85. The predicted molar refractivity (Wildman–Crippen MR) is 73.3 cm³/mol. The lowest BCUT2D eigenvalue weighted by Gasteiger charge is -2.16. The van der Waals surface area contributed by atoms with Gasteiger partial charge in [0.2, 0.25) is 11.8 Å². The maximum Gasteiger partial charge on any atom is 0.293 e. The van der Waals surface area contributed by atoms with Crippen LogP contribution < -0.4 is 4.90 Å². The highest BCUT2D eigenvalue weighted by atomic mass is 16.6. The van der Waals surface area contributed by atoms with Crippen LogP contribution in [0.5, 0.6) is 0 Å². The monoisotopic (exact) mass is 284 g/mol. The van der Waals surface area contributed by atoms with E-state index in [-0.39, 0.29) is 46.9 Å². The number of allylic oxidation sites excluding steroid dienone is 2. The first-order valence-electron chi connectivity index (χ1n) is 6.89. The predicted octanol–water partition coefficient (Wildman–Crippen LogP) is 1.91. The number of rotatable bonds is 2. The van der Waals surface area contributed by atoms with E-state index in [1.54, 1.807) is 6.07 Å². The second-order valence-corrected chi connectivity index (χ2v) is 5.76. The van der Waals surface area contributed by atoms with Gasteiger partial charge >= 0.3 is 0 Å². The van der Waals surface area contributed by atoms with Crippen molar-refractivity contribution in [3.8, 4) is 0 Å². The molecule has 0 spiro atoms. The average Bonchev–Trinajstić information content (AvgIpc) is 3.13. The van der Waals surface area contributed by atoms with Crippen LogP contribution in [0.25, 0.3) is 0 Å². The lowest BCUT2D eigenvalue weighted by molar-refractivity contribution is -0.384. The summed E-state index contributed by atoms with van der Waals surface area (Å²) in [5, 5.41) is 11.1. The summed E-state index contributed by atoms with van der Waals surface area (Å²) in [7, 11) is 0. The Morgan fingerprint density at radius 2 is 1.62 bits per heavy atom. The maximum absolute atomic E-state index is 12.6. The van der Waals surface area contributed by atoms with Crippen LogP contribution in [0.4, 0.5) is 11.4 Å². The molecule has 4 atom stereocenters. The summed E-state index contributed by atoms with van der Waals surface area (Å²) in [6.45, 7) is 0. The Kier molecular flexibility index (Phi) is 2.34. The molecular formula is C15H12N2O4. The minimum Gasteiger partial charge on any atom is -0.274 e. The van der Waals surface area contributed by atoms with E-state index >= 15 is 0 Å². The number of para-hydroxylation sites is 2. The van der Waals surface area contributed by atoms with Gasteiger partial charge < -0.3 is 0 Å². The van der Waals surface area contributed by atoms with Gasteiger partial charge in [0.25, 0.3) is 5.69 Å². The molecule has 4 unspecified atom stereocenters. The molecule has 2 fully saturated rings. The molecule has 6 heteroatoms. The minimum absolute atomic E-state index is 0.0892. The molecule has 0 N–H and O–H groups in total. The summed E-state index contributed by atoms with van der Waals surface area (Å²) >= 11 is 0. The van der Waals surface area contributed by atoms with Crippen molar-refractivity contribution in [2.24, 2.45) is 23.7 Å². The van der Waals surface area contributed by atoms with Crippen molar-refractivity contribution in [3.05, 3.63) is 46.5 Å². The van der Waals surface area contributed by atoms with Crippen LogP contribution in [0, 0.1) is 33.8 Å². The fourth-order valence-corrected chi connectivity index (χ4v) is 3.95. The van der Waals surface area contributed by atoms with Crippen molar-refractivity contribution in [1.82, 2.24) is 0 Å². The Balaban J connectivity index is 1.80. The van der Waals surface area contributed by atoms with Gasteiger partial charge in [-0.25, -0.2) is 4.90 Å². The van der Waals surface area contributed by atoms with Crippen LogP contribution in [0.3, 0.4) is 0 Å². The molecule has 106 valence electrons. The second kappa shape index (κ2) is 4.00. The maximum atomic E-state index is 12.6. The second-order valence-electron chi connectivity index (χ2n) is 5.76. The lowest BCUT2D eigenvalue weighted by Crippen LogP contribution is -2.33. The molecule has 0 radical (unpaired) electrons. The molecule has 1 aromatic rings. The van der Waals surface area contributed by atoms with Gasteiger partial charge in [0, 0.05) is 6.07 Å². The standard InChI is InChI=1S/C15H12N2O4/c18-14-12-8-5-6-9(7-8)13(12)15(19)16(14)10-3-1-2-4-11(10)17(20)21/h1-6,8-9,12-13H,7H2. The molecule has 1 aliphatic heterocycles. The smallest absolute Gasteiger partial charge is 0.274 e. The van der Waals surface area contributed by atoms with Crippen molar-refractivity contribution < 1.29 is 14.5 Å². The number of amides is 2. The van der Waals surface area contributed by atoms with E-state index in [4.69, 9.17) is 0 Å². The summed E-state index contributed by atoms with van der Waals surface area (Å²) in [5.74, 6) is -1.07. The fraction of sp³-hybridized carbons (Fsp3) is 0.333. The Morgan fingerprint density at radius 1 is 1.05 bits per heavy atom. The largest absolute Gasteiger partial charge is 0.293 e. The van der Waals surface area contributed by atoms with Crippen LogP contribution in [-0.2, 0) is 9.59 Å². The Labute approximate surface area is 120 Å². The van der Waals surface area contributed by atoms with Crippen molar-refractivity contribution >= 4 is 23.2 Å². The summed E-state index contributed by atoms with van der Waals surface area (Å²) in [4.78, 5) is 36.8. The quantitative estimate of drug-likeness (QED) is 0.359. The van der Waals surface area contributed by atoms with Crippen LogP contribution in [-0.4, -0.2) is 16.7 Å². The van der Waals surface area contributed by atoms with Gasteiger partial charge in [-0.1, -0.05) is 24.3 Å². The number of hydrogen-bond acceptors (Lipinski definition) is 4. The molecule has 3 aliphatic rings. The van der Waals surface area contributed by atoms with E-state index in [9.17, 15) is 19.7 Å². The van der Waals surface area contributed by atoms with Gasteiger partial charge in [-0.2, -0.15) is 0 Å². The van der Waals surface area contributed by atoms with E-state index in [1.165, 1.54) is 18.2 Å². The minimum atomic E-state index is -0.559. The molecule has 1 saturated heterocycles. The van der Waals surface area contributed by atoms with E-state index in [0.717, 1.165) is 11.3 Å². The third-order valence-electron chi connectivity index (χ3n) is 4.79. The molecule has 1 aromatic carbocycles. The molecule has 4 rings (SSSR count). The zero-order chi connectivity index (χ0) is 14.7. The zero-order valence-corrected chi connectivity index (χ0v) is 11.0. The molecule has 2 aliphatic carbocycles. The third kappa shape index (κ3) is 1.47. The first-order chi connectivity index (χ1) is 10.1. The van der Waals surface area contributed by atoms with Crippen LogP contribution in [0.1, 0.15) is 6.42 Å². The number of nitro benzene ring substituents is 1. The Morgan fingerprint density at radius 3 is 2.19 bits per heavy atom. The molecule has 0 aromatic heterocycles. The van der Waals surface area contributed by atoms with Gasteiger partial charge in [-0.3, -0.25) is 19.7 Å². The summed E-state index contributed by atoms with van der Waals surface area (Å²) in [6.07, 6.45) is 4.84. The molecule has 2 bridgehead atoms. The average molecular weight is 284 g/mol. The van der Waals surface area contributed by atoms with Crippen molar-refractivity contribution in [1.29, 1.82) is 0 Å². The normalized spacial score (nSPS) is 32.9. The number of carbonyl (C=O) groups is 2. The summed E-state index contributed by atoms with van der Waals surface area (Å²) < 4.78 is 0. The first-order valence-corrected chi connectivity index (χ1v) is 6.89. The van der Waals surface area contributed by atoms with E-state index in [2.05, 4.69) is 0 Å². The molecule has 21 heavy (non-hydrogen) atoms. The first kappa shape index (κ1) is 12.3. The van der Waals surface area contributed by atoms with E-state index in [1.807, 2.05) is 12.2 Å². The third-order valence-corrected chi connectivity index (χ3v) is 4.79. The van der Waals surface area contributed by atoms with Gasteiger partial charge in [0.05, 0.1) is 16.8 Å².